The van der Waals surface area contributed by atoms with Crippen LogP contribution in [-0.4, -0.2) is 26.8 Å². The molecule has 6 heteroatoms. The lowest BCUT2D eigenvalue weighted by Gasteiger charge is -2.12. The van der Waals surface area contributed by atoms with Gasteiger partial charge in [-0.3, -0.25) is 9.59 Å². The molecule has 0 bridgehead atoms. The van der Waals surface area contributed by atoms with Gasteiger partial charge in [-0.05, 0) is 49.4 Å². The van der Waals surface area contributed by atoms with Crippen LogP contribution in [0.3, 0.4) is 0 Å². The lowest BCUT2D eigenvalue weighted by atomic mass is 10.1. The molecule has 0 unspecified atom stereocenters. The van der Waals surface area contributed by atoms with Crippen LogP contribution in [0.4, 0.5) is 0 Å². The van der Waals surface area contributed by atoms with E-state index in [1.54, 1.807) is 6.20 Å². The van der Waals surface area contributed by atoms with Crippen molar-refractivity contribution < 1.29 is 4.79 Å². The molecule has 0 spiro atoms. The molecule has 0 radical (unpaired) electrons. The first-order chi connectivity index (χ1) is 17.5. The molecule has 0 atom stereocenters. The van der Waals surface area contributed by atoms with Gasteiger partial charge in [0.2, 0.25) is 5.91 Å². The average molecular weight is 479 g/mol. The molecule has 0 aliphatic carbocycles. The van der Waals surface area contributed by atoms with Crippen molar-refractivity contribution in [2.45, 2.75) is 39.8 Å². The number of benzene rings is 3. The van der Waals surface area contributed by atoms with Crippen molar-refractivity contribution >= 4 is 27.7 Å². The number of aromatic nitrogens is 3. The van der Waals surface area contributed by atoms with Crippen LogP contribution >= 0.6 is 0 Å². The van der Waals surface area contributed by atoms with E-state index < -0.39 is 0 Å². The normalized spacial score (nSPS) is 11.3. The molecule has 0 fully saturated rings. The highest BCUT2D eigenvalue weighted by molar-refractivity contribution is 6.07. The summed E-state index contributed by atoms with van der Waals surface area (Å²) in [5, 5.41) is 9.07. The van der Waals surface area contributed by atoms with Crippen LogP contribution in [0.25, 0.3) is 21.8 Å². The number of nitrogens with zero attached hydrogens (tertiary/aromatic N) is 3. The van der Waals surface area contributed by atoms with E-state index in [9.17, 15) is 9.59 Å². The summed E-state index contributed by atoms with van der Waals surface area (Å²) in [5.74, 6) is -0.214. The van der Waals surface area contributed by atoms with Crippen molar-refractivity contribution in [2.75, 3.05) is 6.54 Å². The van der Waals surface area contributed by atoms with E-state index in [0.29, 0.717) is 18.6 Å². The minimum atomic E-state index is -0.256. The third kappa shape index (κ3) is 4.80. The van der Waals surface area contributed by atoms with Crippen LogP contribution in [0.1, 0.15) is 28.7 Å². The predicted octanol–water partition coefficient (Wildman–Crippen LogP) is 4.77. The van der Waals surface area contributed by atoms with Crippen LogP contribution in [0.5, 0.6) is 0 Å². The van der Waals surface area contributed by atoms with E-state index in [-0.39, 0.29) is 18.0 Å². The van der Waals surface area contributed by atoms with Gasteiger partial charge in [-0.2, -0.15) is 5.10 Å². The summed E-state index contributed by atoms with van der Waals surface area (Å²) in [4.78, 5) is 26.2. The Balaban J connectivity index is 1.41. The number of rotatable bonds is 8. The van der Waals surface area contributed by atoms with E-state index >= 15 is 0 Å². The fraction of sp³-hybridized carbons (Fsp3) is 0.233. The van der Waals surface area contributed by atoms with Gasteiger partial charge in [0.05, 0.1) is 6.20 Å². The third-order valence-corrected chi connectivity index (χ3v) is 6.71. The maximum Gasteiger partial charge on any atom is 0.291 e. The summed E-state index contributed by atoms with van der Waals surface area (Å²) < 4.78 is 3.33. The van der Waals surface area contributed by atoms with Gasteiger partial charge >= 0.3 is 0 Å². The first-order valence-electron chi connectivity index (χ1n) is 12.3. The number of hydrogen-bond donors (Lipinski definition) is 1. The van der Waals surface area contributed by atoms with Crippen molar-refractivity contribution in [2.24, 2.45) is 0 Å². The van der Waals surface area contributed by atoms with Gasteiger partial charge in [0.15, 0.2) is 0 Å². The second kappa shape index (κ2) is 10.2. The van der Waals surface area contributed by atoms with Gasteiger partial charge in [0, 0.05) is 29.4 Å². The molecule has 2 heterocycles. The highest BCUT2D eigenvalue weighted by Crippen LogP contribution is 2.27. The summed E-state index contributed by atoms with van der Waals surface area (Å²) in [5.41, 5.74) is 6.06. The van der Waals surface area contributed by atoms with Crippen molar-refractivity contribution in [1.29, 1.82) is 0 Å². The zero-order valence-corrected chi connectivity index (χ0v) is 20.7. The van der Waals surface area contributed by atoms with E-state index in [2.05, 4.69) is 59.2 Å². The fourth-order valence-electron chi connectivity index (χ4n) is 4.77. The van der Waals surface area contributed by atoms with Crippen molar-refractivity contribution in [3.05, 3.63) is 112 Å². The number of para-hydroxylation sites is 1. The molecule has 3 aromatic carbocycles. The van der Waals surface area contributed by atoms with E-state index in [0.717, 1.165) is 34.7 Å². The molecule has 5 aromatic rings. The molecule has 2 aromatic heterocycles. The fourth-order valence-corrected chi connectivity index (χ4v) is 4.77. The molecule has 5 rings (SSSR count). The Labute approximate surface area is 210 Å². The zero-order chi connectivity index (χ0) is 25.1. The largest absolute Gasteiger partial charge is 0.354 e. The lowest BCUT2D eigenvalue weighted by molar-refractivity contribution is -0.121. The summed E-state index contributed by atoms with van der Waals surface area (Å²) in [6, 6.07) is 24.6. The third-order valence-electron chi connectivity index (χ3n) is 6.71. The molecule has 0 saturated carbocycles. The first-order valence-corrected chi connectivity index (χ1v) is 12.3. The van der Waals surface area contributed by atoms with E-state index in [4.69, 9.17) is 0 Å². The molecule has 0 aliphatic heterocycles. The van der Waals surface area contributed by atoms with Crippen LogP contribution < -0.4 is 10.9 Å². The Morgan fingerprint density at radius 3 is 2.56 bits per heavy atom. The SMILES string of the molecule is Cc1ccc(C)c(Cn2c3ccccc3c3cnn(CC(=O)NCCCc4ccccc4)c(=O)c32)c1. The number of fused-ring (bicyclic) bond motifs is 3. The van der Waals surface area contributed by atoms with E-state index in [1.165, 1.54) is 21.4 Å². The summed E-state index contributed by atoms with van der Waals surface area (Å²) in [7, 11) is 0. The topological polar surface area (TPSA) is 68.9 Å². The Morgan fingerprint density at radius 1 is 0.944 bits per heavy atom. The number of hydrogen-bond acceptors (Lipinski definition) is 3. The molecular formula is C30H30N4O2. The van der Waals surface area contributed by atoms with Crippen LogP contribution in [0.15, 0.2) is 83.8 Å². The van der Waals surface area contributed by atoms with Crippen LogP contribution in [0, 0.1) is 13.8 Å². The molecule has 1 amide bonds. The highest BCUT2D eigenvalue weighted by Gasteiger charge is 2.17. The Morgan fingerprint density at radius 2 is 1.72 bits per heavy atom. The number of aryl methyl sites for hydroxylation is 3. The maximum absolute atomic E-state index is 13.6. The van der Waals surface area contributed by atoms with Gasteiger partial charge in [0.1, 0.15) is 12.1 Å². The first kappa shape index (κ1) is 23.5. The van der Waals surface area contributed by atoms with Gasteiger partial charge in [-0.25, -0.2) is 4.68 Å². The smallest absolute Gasteiger partial charge is 0.291 e. The zero-order valence-electron chi connectivity index (χ0n) is 20.7. The monoisotopic (exact) mass is 478 g/mol. The molecule has 1 N–H and O–H groups in total. The summed E-state index contributed by atoms with van der Waals surface area (Å²) in [6.45, 7) is 5.18. The maximum atomic E-state index is 13.6. The molecule has 0 aliphatic rings. The molecular weight excluding hydrogens is 448 g/mol. The number of carbonyl (C=O) groups is 1. The van der Waals surface area contributed by atoms with Crippen molar-refractivity contribution in [1.82, 2.24) is 19.7 Å². The van der Waals surface area contributed by atoms with Crippen LogP contribution in [0.2, 0.25) is 0 Å². The summed E-state index contributed by atoms with van der Waals surface area (Å²) >= 11 is 0. The molecule has 182 valence electrons. The molecule has 36 heavy (non-hydrogen) atoms. The number of carbonyl (C=O) groups excluding carboxylic acids is 1. The quantitative estimate of drug-likeness (QED) is 0.327. The van der Waals surface area contributed by atoms with Crippen molar-refractivity contribution in [3.63, 3.8) is 0 Å². The van der Waals surface area contributed by atoms with Gasteiger partial charge < -0.3 is 9.88 Å². The standard InChI is InChI=1S/C30H30N4O2/c1-21-14-15-22(2)24(17-21)19-33-27-13-7-6-12-25(27)26-18-32-34(30(36)29(26)33)20-28(35)31-16-8-11-23-9-4-3-5-10-23/h3-7,9-10,12-15,17-18H,8,11,16,19-20H2,1-2H3,(H,31,35). The van der Waals surface area contributed by atoms with Crippen molar-refractivity contribution in [3.8, 4) is 0 Å². The Bertz CT molecular complexity index is 1600. The molecule has 6 nitrogen and oxygen atoms in total. The second-order valence-corrected chi connectivity index (χ2v) is 9.34. The van der Waals surface area contributed by atoms with Gasteiger partial charge in [0.25, 0.3) is 5.56 Å². The highest BCUT2D eigenvalue weighted by atomic mass is 16.2. The van der Waals surface area contributed by atoms with E-state index in [1.807, 2.05) is 42.5 Å². The van der Waals surface area contributed by atoms with Crippen LogP contribution in [-0.2, 0) is 24.3 Å². The van der Waals surface area contributed by atoms with Gasteiger partial charge in [-0.1, -0.05) is 72.3 Å². The second-order valence-electron chi connectivity index (χ2n) is 9.34. The molecule has 0 saturated heterocycles. The number of amides is 1. The average Bonchev–Trinajstić information content (AvgIpc) is 3.20. The number of nitrogens with one attached hydrogen (secondary N) is 1. The lowest BCUT2D eigenvalue weighted by Crippen LogP contribution is -2.34. The van der Waals surface area contributed by atoms with Gasteiger partial charge in [-0.15, -0.1) is 0 Å². The Kier molecular flexibility index (Phi) is 6.67. The predicted molar refractivity (Wildman–Crippen MR) is 144 cm³/mol. The minimum Gasteiger partial charge on any atom is -0.354 e. The minimum absolute atomic E-state index is 0.106. The summed E-state index contributed by atoms with van der Waals surface area (Å²) in [6.07, 6.45) is 3.44. The Hall–Kier alpha value is -4.19.